The van der Waals surface area contributed by atoms with Crippen molar-refractivity contribution in [3.05, 3.63) is 17.3 Å². The predicted octanol–water partition coefficient (Wildman–Crippen LogP) is 2.57. The maximum absolute atomic E-state index is 11.5. The highest BCUT2D eigenvalue weighted by molar-refractivity contribution is 6.18. The highest BCUT2D eigenvalue weighted by Crippen LogP contribution is 2.24. The fraction of sp³-hybridized carbons (Fsp3) is 0.692. The Morgan fingerprint density at radius 2 is 2.11 bits per heavy atom. The molecular weight excluding hydrogens is 252 g/mol. The van der Waals surface area contributed by atoms with Crippen molar-refractivity contribution in [2.45, 2.75) is 46.0 Å². The van der Waals surface area contributed by atoms with Crippen molar-refractivity contribution in [1.82, 2.24) is 10.3 Å². The lowest BCUT2D eigenvalue weighted by Crippen LogP contribution is -2.25. The van der Waals surface area contributed by atoms with Crippen LogP contribution in [0.5, 0.6) is 0 Å². The second-order valence-electron chi connectivity index (χ2n) is 5.32. The first kappa shape index (κ1) is 15.0. The van der Waals surface area contributed by atoms with Crippen LogP contribution >= 0.6 is 11.6 Å². The second kappa shape index (κ2) is 6.23. The average molecular weight is 273 g/mol. The lowest BCUT2D eigenvalue weighted by atomic mass is 9.97. The number of carbonyl (C=O) groups is 1. The average Bonchev–Trinajstić information content (AvgIpc) is 2.65. The van der Waals surface area contributed by atoms with E-state index in [1.165, 1.54) is 0 Å². The van der Waals surface area contributed by atoms with E-state index in [9.17, 15) is 4.79 Å². The van der Waals surface area contributed by atoms with Gasteiger partial charge in [-0.05, 0) is 6.92 Å². The molecule has 5 heteroatoms. The maximum atomic E-state index is 11.5. The molecular formula is C13H21ClN2O2. The van der Waals surface area contributed by atoms with E-state index in [1.54, 1.807) is 0 Å². The lowest BCUT2D eigenvalue weighted by molar-refractivity contribution is -0.121. The number of carbonyl (C=O) groups excluding carboxylic acids is 1. The van der Waals surface area contributed by atoms with Crippen molar-refractivity contribution in [1.29, 1.82) is 0 Å². The van der Waals surface area contributed by atoms with Gasteiger partial charge in [-0.3, -0.25) is 4.79 Å². The number of hydrogen-bond donors (Lipinski definition) is 1. The van der Waals surface area contributed by atoms with Crippen LogP contribution in [0.4, 0.5) is 0 Å². The standard InChI is InChI=1S/C13H21ClN2O2/c1-9-10(5-6-11(17)15-8-7-14)18-12(16-9)13(2,3)4/h5-8H2,1-4H3,(H,15,17). The molecule has 1 heterocycles. The number of amides is 1. The number of oxazole rings is 1. The maximum Gasteiger partial charge on any atom is 0.220 e. The van der Waals surface area contributed by atoms with Gasteiger partial charge in [0.25, 0.3) is 0 Å². The van der Waals surface area contributed by atoms with Gasteiger partial charge in [-0.2, -0.15) is 0 Å². The number of nitrogens with one attached hydrogen (secondary N) is 1. The monoisotopic (exact) mass is 272 g/mol. The molecule has 1 rings (SSSR count). The summed E-state index contributed by atoms with van der Waals surface area (Å²) in [4.78, 5) is 15.9. The Labute approximate surface area is 113 Å². The quantitative estimate of drug-likeness (QED) is 0.838. The van der Waals surface area contributed by atoms with Gasteiger partial charge >= 0.3 is 0 Å². The molecule has 1 aromatic rings. The number of halogens is 1. The second-order valence-corrected chi connectivity index (χ2v) is 5.69. The first-order valence-electron chi connectivity index (χ1n) is 6.14. The molecule has 102 valence electrons. The molecule has 0 unspecified atom stereocenters. The molecule has 0 bridgehead atoms. The summed E-state index contributed by atoms with van der Waals surface area (Å²) < 4.78 is 5.72. The molecule has 0 aliphatic rings. The third-order valence-electron chi connectivity index (χ3n) is 2.53. The summed E-state index contributed by atoms with van der Waals surface area (Å²) in [6, 6.07) is 0. The van der Waals surface area contributed by atoms with Crippen LogP contribution in [0.3, 0.4) is 0 Å². The summed E-state index contributed by atoms with van der Waals surface area (Å²) in [6.45, 7) is 8.56. The fourth-order valence-electron chi connectivity index (χ4n) is 1.48. The first-order chi connectivity index (χ1) is 8.34. The Morgan fingerprint density at radius 1 is 1.44 bits per heavy atom. The SMILES string of the molecule is Cc1nc(C(C)(C)C)oc1CCC(=O)NCCCl. The van der Waals surface area contributed by atoms with Crippen LogP contribution in [0.2, 0.25) is 0 Å². The van der Waals surface area contributed by atoms with E-state index < -0.39 is 0 Å². The Bertz CT molecular complexity index is 408. The third-order valence-corrected chi connectivity index (χ3v) is 2.72. The van der Waals surface area contributed by atoms with Crippen LogP contribution in [0.15, 0.2) is 4.42 Å². The fourth-order valence-corrected chi connectivity index (χ4v) is 1.58. The van der Waals surface area contributed by atoms with Crippen molar-refractivity contribution in [3.8, 4) is 0 Å². The van der Waals surface area contributed by atoms with E-state index in [4.69, 9.17) is 16.0 Å². The number of rotatable bonds is 5. The smallest absolute Gasteiger partial charge is 0.220 e. The van der Waals surface area contributed by atoms with E-state index in [0.717, 1.165) is 17.3 Å². The minimum atomic E-state index is -0.107. The summed E-state index contributed by atoms with van der Waals surface area (Å²) in [7, 11) is 0. The molecule has 0 radical (unpaired) electrons. The number of nitrogens with zero attached hydrogens (tertiary/aromatic N) is 1. The molecule has 1 N–H and O–H groups in total. The van der Waals surface area contributed by atoms with Gasteiger partial charge in [-0.1, -0.05) is 20.8 Å². The number of aromatic nitrogens is 1. The van der Waals surface area contributed by atoms with Gasteiger partial charge in [-0.15, -0.1) is 11.6 Å². The third kappa shape index (κ3) is 4.33. The van der Waals surface area contributed by atoms with Gasteiger partial charge < -0.3 is 9.73 Å². The molecule has 0 fully saturated rings. The normalized spacial score (nSPS) is 11.6. The number of alkyl halides is 1. The lowest BCUT2D eigenvalue weighted by Gasteiger charge is -2.12. The van der Waals surface area contributed by atoms with Crippen LogP contribution in [-0.4, -0.2) is 23.3 Å². The predicted molar refractivity (Wildman–Crippen MR) is 72.0 cm³/mol. The van der Waals surface area contributed by atoms with Gasteiger partial charge in [0.2, 0.25) is 5.91 Å². The van der Waals surface area contributed by atoms with E-state index in [-0.39, 0.29) is 11.3 Å². The van der Waals surface area contributed by atoms with Crippen LogP contribution in [0.1, 0.15) is 44.5 Å². The topological polar surface area (TPSA) is 55.1 Å². The molecule has 1 amide bonds. The summed E-state index contributed by atoms with van der Waals surface area (Å²) in [6.07, 6.45) is 0.972. The van der Waals surface area contributed by atoms with E-state index in [1.807, 2.05) is 6.92 Å². The van der Waals surface area contributed by atoms with Crippen molar-refractivity contribution in [2.24, 2.45) is 0 Å². The molecule has 0 aliphatic heterocycles. The largest absolute Gasteiger partial charge is 0.445 e. The van der Waals surface area contributed by atoms with Crippen molar-refractivity contribution >= 4 is 17.5 Å². The van der Waals surface area contributed by atoms with Crippen LogP contribution in [-0.2, 0) is 16.6 Å². The summed E-state index contributed by atoms with van der Waals surface area (Å²) in [5.41, 5.74) is 0.759. The summed E-state index contributed by atoms with van der Waals surface area (Å²) in [5.74, 6) is 1.93. The zero-order valence-corrected chi connectivity index (χ0v) is 12.2. The molecule has 4 nitrogen and oxygen atoms in total. The molecule has 0 aliphatic carbocycles. The van der Waals surface area contributed by atoms with Crippen LogP contribution < -0.4 is 5.32 Å². The molecule has 0 atom stereocenters. The van der Waals surface area contributed by atoms with Crippen molar-refractivity contribution in [3.63, 3.8) is 0 Å². The van der Waals surface area contributed by atoms with Gasteiger partial charge in [0, 0.05) is 30.7 Å². The van der Waals surface area contributed by atoms with Gasteiger partial charge in [0.1, 0.15) is 5.76 Å². The first-order valence-corrected chi connectivity index (χ1v) is 6.67. The van der Waals surface area contributed by atoms with Crippen molar-refractivity contribution in [2.75, 3.05) is 12.4 Å². The van der Waals surface area contributed by atoms with Gasteiger partial charge in [0.15, 0.2) is 5.89 Å². The molecule has 0 saturated heterocycles. The highest BCUT2D eigenvalue weighted by atomic mass is 35.5. The number of hydrogen-bond acceptors (Lipinski definition) is 3. The zero-order valence-electron chi connectivity index (χ0n) is 11.5. The van der Waals surface area contributed by atoms with Crippen molar-refractivity contribution < 1.29 is 9.21 Å². The molecule has 0 aromatic carbocycles. The van der Waals surface area contributed by atoms with E-state index >= 15 is 0 Å². The Hall–Kier alpha value is -1.03. The van der Waals surface area contributed by atoms with Gasteiger partial charge in [0.05, 0.1) is 5.69 Å². The molecule has 1 aromatic heterocycles. The minimum Gasteiger partial charge on any atom is -0.445 e. The summed E-state index contributed by atoms with van der Waals surface area (Å²) in [5, 5.41) is 2.73. The zero-order chi connectivity index (χ0) is 13.8. The minimum absolute atomic E-state index is 0.0104. The summed E-state index contributed by atoms with van der Waals surface area (Å²) >= 11 is 5.50. The van der Waals surface area contributed by atoms with Gasteiger partial charge in [-0.25, -0.2) is 4.98 Å². The number of aryl methyl sites for hydroxylation is 2. The highest BCUT2D eigenvalue weighted by Gasteiger charge is 2.22. The Morgan fingerprint density at radius 3 is 2.61 bits per heavy atom. The molecule has 18 heavy (non-hydrogen) atoms. The van der Waals surface area contributed by atoms with E-state index in [0.29, 0.717) is 25.3 Å². The molecule has 0 saturated carbocycles. The van der Waals surface area contributed by atoms with Crippen LogP contribution in [0.25, 0.3) is 0 Å². The Balaban J connectivity index is 2.58. The Kier molecular flexibility index (Phi) is 5.20. The molecule has 0 spiro atoms. The van der Waals surface area contributed by atoms with E-state index in [2.05, 4.69) is 31.1 Å². The van der Waals surface area contributed by atoms with Crippen LogP contribution in [0, 0.1) is 6.92 Å².